The Morgan fingerprint density at radius 1 is 0.931 bits per heavy atom. The number of hydrogen-bond acceptors (Lipinski definition) is 3. The molecule has 5 nitrogen and oxygen atoms in total. The van der Waals surface area contributed by atoms with Crippen LogP contribution in [0.2, 0.25) is 0 Å². The molecule has 5 heteroatoms. The first-order chi connectivity index (χ1) is 14.0. The van der Waals surface area contributed by atoms with E-state index in [0.717, 1.165) is 17.2 Å². The van der Waals surface area contributed by atoms with E-state index in [1.165, 1.54) is 0 Å². The van der Waals surface area contributed by atoms with Gasteiger partial charge in [0.15, 0.2) is 6.10 Å². The van der Waals surface area contributed by atoms with Crippen molar-refractivity contribution in [3.63, 3.8) is 0 Å². The first kappa shape index (κ1) is 20.4. The highest BCUT2D eigenvalue weighted by atomic mass is 16.5. The van der Waals surface area contributed by atoms with E-state index in [2.05, 4.69) is 10.6 Å². The Morgan fingerprint density at radius 3 is 2.41 bits per heavy atom. The highest BCUT2D eigenvalue weighted by Gasteiger charge is 2.19. The molecule has 150 valence electrons. The SMILES string of the molecule is CC[C@@H](C)NC(=O)c1ccccc1NC(=O)[C@H](C)Oc1cccc2ccccc12. The number of carbonyl (C=O) groups excluding carboxylic acids is 2. The maximum absolute atomic E-state index is 12.7. The van der Waals surface area contributed by atoms with E-state index >= 15 is 0 Å². The molecular formula is C24H26N2O3. The Kier molecular flexibility index (Phi) is 6.50. The van der Waals surface area contributed by atoms with Gasteiger partial charge in [-0.05, 0) is 43.9 Å². The van der Waals surface area contributed by atoms with Crippen LogP contribution in [0.3, 0.4) is 0 Å². The zero-order chi connectivity index (χ0) is 20.8. The van der Waals surface area contributed by atoms with Crippen molar-refractivity contribution in [3.8, 4) is 5.75 Å². The van der Waals surface area contributed by atoms with Crippen molar-refractivity contribution in [2.45, 2.75) is 39.3 Å². The van der Waals surface area contributed by atoms with Crippen LogP contribution in [0.25, 0.3) is 10.8 Å². The number of carbonyl (C=O) groups is 2. The van der Waals surface area contributed by atoms with Gasteiger partial charge in [0.25, 0.3) is 11.8 Å². The summed E-state index contributed by atoms with van der Waals surface area (Å²) < 4.78 is 5.93. The lowest BCUT2D eigenvalue weighted by Gasteiger charge is -2.18. The molecule has 2 N–H and O–H groups in total. The smallest absolute Gasteiger partial charge is 0.265 e. The van der Waals surface area contributed by atoms with Crippen LogP contribution >= 0.6 is 0 Å². The summed E-state index contributed by atoms with van der Waals surface area (Å²) in [6.45, 7) is 5.64. The summed E-state index contributed by atoms with van der Waals surface area (Å²) in [5.41, 5.74) is 0.894. The van der Waals surface area contributed by atoms with Crippen LogP contribution in [0.15, 0.2) is 66.7 Å². The minimum atomic E-state index is -0.730. The second kappa shape index (κ2) is 9.24. The van der Waals surface area contributed by atoms with Gasteiger partial charge in [-0.25, -0.2) is 0 Å². The van der Waals surface area contributed by atoms with Crippen LogP contribution < -0.4 is 15.4 Å². The summed E-state index contributed by atoms with van der Waals surface area (Å²) in [4.78, 5) is 25.3. The molecule has 0 bridgehead atoms. The lowest BCUT2D eigenvalue weighted by molar-refractivity contribution is -0.122. The summed E-state index contributed by atoms with van der Waals surface area (Å²) in [6, 6.07) is 20.6. The Balaban J connectivity index is 1.74. The number of nitrogens with one attached hydrogen (secondary N) is 2. The van der Waals surface area contributed by atoms with E-state index in [-0.39, 0.29) is 17.9 Å². The van der Waals surface area contributed by atoms with Crippen LogP contribution in [-0.4, -0.2) is 24.0 Å². The highest BCUT2D eigenvalue weighted by Crippen LogP contribution is 2.26. The number of fused-ring (bicyclic) bond motifs is 1. The summed E-state index contributed by atoms with van der Waals surface area (Å²) in [7, 11) is 0. The molecule has 3 rings (SSSR count). The largest absolute Gasteiger partial charge is 0.480 e. The fraction of sp³-hybridized carbons (Fsp3) is 0.250. The second-order valence-corrected chi connectivity index (χ2v) is 7.05. The monoisotopic (exact) mass is 390 g/mol. The van der Waals surface area contributed by atoms with Crippen molar-refractivity contribution in [1.29, 1.82) is 0 Å². The van der Waals surface area contributed by atoms with Gasteiger partial charge in [-0.3, -0.25) is 9.59 Å². The van der Waals surface area contributed by atoms with E-state index in [4.69, 9.17) is 4.74 Å². The first-order valence-electron chi connectivity index (χ1n) is 9.84. The standard InChI is InChI=1S/C24H26N2O3/c1-4-16(2)25-24(28)20-13-7-8-14-21(20)26-23(27)17(3)29-22-15-9-11-18-10-5-6-12-19(18)22/h5-17H,4H2,1-3H3,(H,25,28)(H,26,27)/t16-,17+/m1/s1. The molecular weight excluding hydrogens is 364 g/mol. The fourth-order valence-corrected chi connectivity index (χ4v) is 2.97. The van der Waals surface area contributed by atoms with E-state index in [1.54, 1.807) is 31.2 Å². The van der Waals surface area contributed by atoms with Crippen LogP contribution in [0, 0.1) is 0 Å². The number of anilines is 1. The summed E-state index contributed by atoms with van der Waals surface area (Å²) >= 11 is 0. The fourth-order valence-electron chi connectivity index (χ4n) is 2.97. The molecule has 0 aliphatic carbocycles. The average Bonchev–Trinajstić information content (AvgIpc) is 2.74. The van der Waals surface area contributed by atoms with Gasteiger partial charge in [-0.1, -0.05) is 55.5 Å². The topological polar surface area (TPSA) is 67.4 Å². The number of para-hydroxylation sites is 1. The van der Waals surface area contributed by atoms with Gasteiger partial charge >= 0.3 is 0 Å². The van der Waals surface area contributed by atoms with Gasteiger partial charge in [-0.15, -0.1) is 0 Å². The van der Waals surface area contributed by atoms with E-state index < -0.39 is 6.10 Å². The Hall–Kier alpha value is -3.34. The molecule has 2 atom stereocenters. The molecule has 3 aromatic rings. The van der Waals surface area contributed by atoms with Crippen molar-refractivity contribution in [3.05, 3.63) is 72.3 Å². The molecule has 29 heavy (non-hydrogen) atoms. The molecule has 0 radical (unpaired) electrons. The summed E-state index contributed by atoms with van der Waals surface area (Å²) in [5.74, 6) is 0.119. The molecule has 0 fully saturated rings. The van der Waals surface area contributed by atoms with Crippen molar-refractivity contribution < 1.29 is 14.3 Å². The molecule has 0 aliphatic rings. The van der Waals surface area contributed by atoms with Gasteiger partial charge in [0.1, 0.15) is 5.75 Å². The van der Waals surface area contributed by atoms with Crippen LogP contribution in [-0.2, 0) is 4.79 Å². The number of hydrogen-bond donors (Lipinski definition) is 2. The summed E-state index contributed by atoms with van der Waals surface area (Å²) in [5, 5.41) is 7.75. The normalized spacial score (nSPS) is 12.8. The minimum Gasteiger partial charge on any atom is -0.480 e. The van der Waals surface area contributed by atoms with Crippen molar-refractivity contribution in [1.82, 2.24) is 5.32 Å². The zero-order valence-electron chi connectivity index (χ0n) is 16.9. The van der Waals surface area contributed by atoms with Gasteiger partial charge in [0.2, 0.25) is 0 Å². The molecule has 0 aromatic heterocycles. The highest BCUT2D eigenvalue weighted by molar-refractivity contribution is 6.04. The maximum atomic E-state index is 12.7. The molecule has 0 unspecified atom stereocenters. The Labute approximate surface area is 171 Å². The third-order valence-electron chi connectivity index (χ3n) is 4.84. The molecule has 0 spiro atoms. The van der Waals surface area contributed by atoms with Crippen LogP contribution in [0.4, 0.5) is 5.69 Å². The zero-order valence-corrected chi connectivity index (χ0v) is 16.9. The Morgan fingerprint density at radius 2 is 1.62 bits per heavy atom. The first-order valence-corrected chi connectivity index (χ1v) is 9.84. The molecule has 0 aliphatic heterocycles. The third-order valence-corrected chi connectivity index (χ3v) is 4.84. The van der Waals surface area contributed by atoms with Crippen molar-refractivity contribution in [2.75, 3.05) is 5.32 Å². The lowest BCUT2D eigenvalue weighted by Crippen LogP contribution is -2.34. The predicted molar refractivity (Wildman–Crippen MR) is 116 cm³/mol. The van der Waals surface area contributed by atoms with Gasteiger partial charge in [0.05, 0.1) is 11.3 Å². The molecule has 0 saturated carbocycles. The number of benzene rings is 3. The maximum Gasteiger partial charge on any atom is 0.265 e. The van der Waals surface area contributed by atoms with Gasteiger partial charge < -0.3 is 15.4 Å². The third kappa shape index (κ3) is 4.93. The van der Waals surface area contributed by atoms with Crippen molar-refractivity contribution >= 4 is 28.3 Å². The number of amides is 2. The lowest BCUT2D eigenvalue weighted by atomic mass is 10.1. The van der Waals surface area contributed by atoms with E-state index in [0.29, 0.717) is 17.0 Å². The molecule has 3 aromatic carbocycles. The van der Waals surface area contributed by atoms with Gasteiger partial charge in [0, 0.05) is 11.4 Å². The van der Waals surface area contributed by atoms with E-state index in [9.17, 15) is 9.59 Å². The number of rotatable bonds is 7. The second-order valence-electron chi connectivity index (χ2n) is 7.05. The number of ether oxygens (including phenoxy) is 1. The van der Waals surface area contributed by atoms with Crippen LogP contribution in [0.5, 0.6) is 5.75 Å². The average molecular weight is 390 g/mol. The Bertz CT molecular complexity index is 1010. The molecule has 2 amide bonds. The quantitative estimate of drug-likeness (QED) is 0.610. The van der Waals surface area contributed by atoms with E-state index in [1.807, 2.05) is 56.3 Å². The summed E-state index contributed by atoms with van der Waals surface area (Å²) in [6.07, 6.45) is 0.0994. The van der Waals surface area contributed by atoms with Crippen molar-refractivity contribution in [2.24, 2.45) is 0 Å². The molecule has 0 saturated heterocycles. The van der Waals surface area contributed by atoms with Gasteiger partial charge in [-0.2, -0.15) is 0 Å². The minimum absolute atomic E-state index is 0.0554. The predicted octanol–water partition coefficient (Wildman–Crippen LogP) is 4.77. The van der Waals surface area contributed by atoms with Crippen LogP contribution in [0.1, 0.15) is 37.6 Å². The molecule has 0 heterocycles.